The molecule has 1 aliphatic rings. The lowest BCUT2D eigenvalue weighted by Crippen LogP contribution is -2.20. The molecular weight excluding hydrogens is 194 g/mol. The van der Waals surface area contributed by atoms with E-state index in [-0.39, 0.29) is 0 Å². The highest BCUT2D eigenvalue weighted by Gasteiger charge is 2.03. The normalized spacial score (nSPS) is 22.1. The summed E-state index contributed by atoms with van der Waals surface area (Å²) in [5, 5.41) is 3.31. The first-order valence-corrected chi connectivity index (χ1v) is 6.00. The highest BCUT2D eigenvalue weighted by Crippen LogP contribution is 2.15. The van der Waals surface area contributed by atoms with E-state index in [2.05, 4.69) is 70.4 Å². The molecule has 16 heavy (non-hydrogen) atoms. The van der Waals surface area contributed by atoms with Crippen LogP contribution in [0.25, 0.3) is 0 Å². The molecule has 1 unspecified atom stereocenters. The Morgan fingerprint density at radius 2 is 2.00 bits per heavy atom. The first kappa shape index (κ1) is 12.8. The summed E-state index contributed by atoms with van der Waals surface area (Å²) in [4.78, 5) is 0. The molecule has 1 nitrogen and oxygen atoms in total. The van der Waals surface area contributed by atoms with Crippen molar-refractivity contribution in [3.8, 4) is 0 Å². The van der Waals surface area contributed by atoms with Gasteiger partial charge in [-0.05, 0) is 37.8 Å². The van der Waals surface area contributed by atoms with Crippen LogP contribution < -0.4 is 5.32 Å². The van der Waals surface area contributed by atoms with Crippen LogP contribution in [0.1, 0.15) is 34.6 Å². The molecule has 1 atom stereocenters. The van der Waals surface area contributed by atoms with Crippen molar-refractivity contribution >= 4 is 0 Å². The summed E-state index contributed by atoms with van der Waals surface area (Å²) < 4.78 is 0. The van der Waals surface area contributed by atoms with Gasteiger partial charge in [-0.15, -0.1) is 0 Å². The van der Waals surface area contributed by atoms with Gasteiger partial charge < -0.3 is 5.32 Å². The molecule has 0 saturated carbocycles. The Balaban J connectivity index is 2.72. The smallest absolute Gasteiger partial charge is 0.0414 e. The zero-order chi connectivity index (χ0) is 12.1. The van der Waals surface area contributed by atoms with Crippen LogP contribution in [0.4, 0.5) is 0 Å². The molecule has 1 heterocycles. The van der Waals surface area contributed by atoms with Crippen LogP contribution in [0, 0.1) is 5.92 Å². The Morgan fingerprint density at radius 3 is 2.50 bits per heavy atom. The monoisotopic (exact) mass is 217 g/mol. The number of nitrogens with one attached hydrogen (secondary N) is 1. The summed E-state index contributed by atoms with van der Waals surface area (Å²) in [6.45, 7) is 10.9. The lowest BCUT2D eigenvalue weighted by atomic mass is 10.0. The molecule has 0 bridgehead atoms. The number of dihydropyridines is 1. The third-order valence-electron chi connectivity index (χ3n) is 3.03. The van der Waals surface area contributed by atoms with Crippen molar-refractivity contribution in [1.29, 1.82) is 0 Å². The Kier molecular flexibility index (Phi) is 4.60. The SMILES string of the molecule is C/C(=C\C=C(/C)C(C)C)C1=CNC(C)C=C1. The zero-order valence-corrected chi connectivity index (χ0v) is 11.0. The lowest BCUT2D eigenvalue weighted by molar-refractivity contribution is 0.754. The molecule has 0 radical (unpaired) electrons. The Bertz CT molecular complexity index is 354. The molecule has 88 valence electrons. The van der Waals surface area contributed by atoms with Crippen molar-refractivity contribution in [3.63, 3.8) is 0 Å². The Labute approximate surface area is 99.6 Å². The van der Waals surface area contributed by atoms with Crippen LogP contribution in [0.15, 0.2) is 47.2 Å². The van der Waals surface area contributed by atoms with Crippen LogP contribution in [0.3, 0.4) is 0 Å². The van der Waals surface area contributed by atoms with Gasteiger partial charge in [0.2, 0.25) is 0 Å². The Morgan fingerprint density at radius 1 is 1.31 bits per heavy atom. The van der Waals surface area contributed by atoms with Crippen LogP contribution in [-0.4, -0.2) is 6.04 Å². The van der Waals surface area contributed by atoms with Gasteiger partial charge in [-0.2, -0.15) is 0 Å². The van der Waals surface area contributed by atoms with E-state index < -0.39 is 0 Å². The van der Waals surface area contributed by atoms with Gasteiger partial charge in [-0.3, -0.25) is 0 Å². The Hall–Kier alpha value is -1.24. The third-order valence-corrected chi connectivity index (χ3v) is 3.03. The van der Waals surface area contributed by atoms with Crippen molar-refractivity contribution < 1.29 is 0 Å². The summed E-state index contributed by atoms with van der Waals surface area (Å²) in [5.74, 6) is 0.623. The van der Waals surface area contributed by atoms with E-state index in [1.165, 1.54) is 16.7 Å². The lowest BCUT2D eigenvalue weighted by Gasteiger charge is -2.14. The van der Waals surface area contributed by atoms with E-state index in [0.717, 1.165) is 0 Å². The fourth-order valence-corrected chi connectivity index (χ4v) is 1.36. The zero-order valence-electron chi connectivity index (χ0n) is 11.0. The van der Waals surface area contributed by atoms with Gasteiger partial charge in [-0.25, -0.2) is 0 Å². The molecule has 0 aromatic carbocycles. The standard InChI is InChI=1S/C15H23N/c1-11(2)12(3)6-7-13(4)15-9-8-14(5)16-10-15/h6-11,14,16H,1-5H3/b12-6+,13-7+. The van der Waals surface area contributed by atoms with Crippen molar-refractivity contribution in [2.24, 2.45) is 5.92 Å². The summed E-state index contributed by atoms with van der Waals surface area (Å²) >= 11 is 0. The number of rotatable bonds is 3. The third kappa shape index (κ3) is 3.73. The van der Waals surface area contributed by atoms with E-state index in [1.54, 1.807) is 0 Å². The summed E-state index contributed by atoms with van der Waals surface area (Å²) in [5.41, 5.74) is 3.99. The van der Waals surface area contributed by atoms with E-state index in [4.69, 9.17) is 0 Å². The molecule has 0 aliphatic carbocycles. The second-order valence-electron chi connectivity index (χ2n) is 4.83. The largest absolute Gasteiger partial charge is 0.384 e. The summed E-state index contributed by atoms with van der Waals surface area (Å²) in [6.07, 6.45) is 10.9. The highest BCUT2D eigenvalue weighted by molar-refractivity contribution is 5.42. The van der Waals surface area contributed by atoms with E-state index in [1.807, 2.05) is 0 Å². The van der Waals surface area contributed by atoms with Crippen LogP contribution in [-0.2, 0) is 0 Å². The molecule has 1 N–H and O–H groups in total. The van der Waals surface area contributed by atoms with Crippen molar-refractivity contribution in [2.75, 3.05) is 0 Å². The van der Waals surface area contributed by atoms with Gasteiger partial charge in [0.15, 0.2) is 0 Å². The molecule has 0 fully saturated rings. The first-order valence-electron chi connectivity index (χ1n) is 6.00. The van der Waals surface area contributed by atoms with Crippen LogP contribution >= 0.6 is 0 Å². The predicted octanol–water partition coefficient (Wildman–Crippen LogP) is 3.97. The summed E-state index contributed by atoms with van der Waals surface area (Å²) in [7, 11) is 0. The molecule has 1 rings (SSSR count). The minimum atomic E-state index is 0.449. The van der Waals surface area contributed by atoms with Gasteiger partial charge in [0.25, 0.3) is 0 Å². The van der Waals surface area contributed by atoms with Crippen molar-refractivity contribution in [3.05, 3.63) is 47.2 Å². The number of hydrogen-bond acceptors (Lipinski definition) is 1. The molecule has 0 aromatic rings. The first-order chi connectivity index (χ1) is 7.50. The average molecular weight is 217 g/mol. The maximum absolute atomic E-state index is 3.31. The van der Waals surface area contributed by atoms with Gasteiger partial charge in [-0.1, -0.05) is 43.7 Å². The van der Waals surface area contributed by atoms with Gasteiger partial charge in [0.05, 0.1) is 0 Å². The van der Waals surface area contributed by atoms with Crippen LogP contribution in [0.5, 0.6) is 0 Å². The van der Waals surface area contributed by atoms with E-state index >= 15 is 0 Å². The average Bonchev–Trinajstić information content (AvgIpc) is 2.26. The molecule has 1 aliphatic heterocycles. The summed E-state index contributed by atoms with van der Waals surface area (Å²) in [6, 6.07) is 0.449. The molecule has 0 saturated heterocycles. The molecule has 0 aromatic heterocycles. The van der Waals surface area contributed by atoms with Crippen molar-refractivity contribution in [1.82, 2.24) is 5.32 Å². The van der Waals surface area contributed by atoms with Crippen molar-refractivity contribution in [2.45, 2.75) is 40.7 Å². The minimum Gasteiger partial charge on any atom is -0.384 e. The fourth-order valence-electron chi connectivity index (χ4n) is 1.36. The van der Waals surface area contributed by atoms with Gasteiger partial charge in [0, 0.05) is 12.2 Å². The molecule has 0 amide bonds. The highest BCUT2D eigenvalue weighted by atomic mass is 14.9. The quantitative estimate of drug-likeness (QED) is 0.705. The fraction of sp³-hybridized carbons (Fsp3) is 0.467. The number of allylic oxidation sites excluding steroid dienone is 6. The molecular formula is C15H23N. The second-order valence-corrected chi connectivity index (χ2v) is 4.83. The molecule has 1 heteroatoms. The maximum Gasteiger partial charge on any atom is 0.0414 e. The number of hydrogen-bond donors (Lipinski definition) is 1. The van der Waals surface area contributed by atoms with Crippen LogP contribution in [0.2, 0.25) is 0 Å². The molecule has 0 spiro atoms. The predicted molar refractivity (Wildman–Crippen MR) is 72.2 cm³/mol. The van der Waals surface area contributed by atoms with E-state index in [9.17, 15) is 0 Å². The topological polar surface area (TPSA) is 12.0 Å². The maximum atomic E-state index is 3.31. The second kappa shape index (κ2) is 5.74. The van der Waals surface area contributed by atoms with Gasteiger partial charge in [0.1, 0.15) is 0 Å². The van der Waals surface area contributed by atoms with Gasteiger partial charge >= 0.3 is 0 Å². The minimum absolute atomic E-state index is 0.449. The van der Waals surface area contributed by atoms with E-state index in [0.29, 0.717) is 12.0 Å².